The van der Waals surface area contributed by atoms with Crippen molar-refractivity contribution >= 4 is 16.8 Å². The number of hydrogen-bond donors (Lipinski definition) is 0. The van der Waals surface area contributed by atoms with Gasteiger partial charge < -0.3 is 0 Å². The zero-order valence-electron chi connectivity index (χ0n) is 6.34. The molecule has 1 rings (SSSR count). The third-order valence-electron chi connectivity index (χ3n) is 1.29. The molecule has 0 saturated carbocycles. The van der Waals surface area contributed by atoms with Crippen LogP contribution < -0.4 is 0 Å². The molecular formula is C8H5ClN2O. The Morgan fingerprint density at radius 2 is 2.33 bits per heavy atom. The number of nitriles is 1. The SMILES string of the molecule is Cc1cc(C(=O)Cl)cc(C#N)n1. The van der Waals surface area contributed by atoms with E-state index in [1.807, 2.05) is 6.07 Å². The predicted octanol–water partition coefficient (Wildman–Crippen LogP) is 1.64. The number of rotatable bonds is 1. The van der Waals surface area contributed by atoms with E-state index in [9.17, 15) is 4.79 Å². The molecule has 0 aliphatic carbocycles. The summed E-state index contributed by atoms with van der Waals surface area (Å²) in [4.78, 5) is 14.6. The summed E-state index contributed by atoms with van der Waals surface area (Å²) < 4.78 is 0. The van der Waals surface area contributed by atoms with Crippen molar-refractivity contribution in [3.63, 3.8) is 0 Å². The molecule has 0 aliphatic heterocycles. The fraction of sp³-hybridized carbons (Fsp3) is 0.125. The monoisotopic (exact) mass is 180 g/mol. The Hall–Kier alpha value is -1.40. The van der Waals surface area contributed by atoms with E-state index >= 15 is 0 Å². The normalized spacial score (nSPS) is 9.08. The van der Waals surface area contributed by atoms with Crippen molar-refractivity contribution in [1.82, 2.24) is 4.98 Å². The highest BCUT2D eigenvalue weighted by Gasteiger charge is 2.04. The van der Waals surface area contributed by atoms with E-state index in [2.05, 4.69) is 4.98 Å². The molecular weight excluding hydrogens is 176 g/mol. The first kappa shape index (κ1) is 8.69. The zero-order valence-corrected chi connectivity index (χ0v) is 7.09. The van der Waals surface area contributed by atoms with Gasteiger partial charge in [-0.05, 0) is 30.7 Å². The number of pyridine rings is 1. The lowest BCUT2D eigenvalue weighted by molar-refractivity contribution is 0.108. The van der Waals surface area contributed by atoms with Gasteiger partial charge in [-0.2, -0.15) is 5.26 Å². The van der Waals surface area contributed by atoms with Crippen LogP contribution in [0.4, 0.5) is 0 Å². The first-order valence-electron chi connectivity index (χ1n) is 3.22. The Bertz CT molecular complexity index is 368. The highest BCUT2D eigenvalue weighted by molar-refractivity contribution is 6.67. The summed E-state index contributed by atoms with van der Waals surface area (Å²) in [6.07, 6.45) is 0. The fourth-order valence-electron chi connectivity index (χ4n) is 0.839. The molecule has 0 fully saturated rings. The minimum absolute atomic E-state index is 0.207. The number of hydrogen-bond acceptors (Lipinski definition) is 3. The molecule has 0 amide bonds. The molecule has 0 unspecified atom stereocenters. The molecule has 3 nitrogen and oxygen atoms in total. The van der Waals surface area contributed by atoms with Gasteiger partial charge in [0.2, 0.25) is 0 Å². The van der Waals surface area contributed by atoms with Crippen molar-refractivity contribution in [2.24, 2.45) is 0 Å². The van der Waals surface area contributed by atoms with Gasteiger partial charge in [-0.15, -0.1) is 0 Å². The van der Waals surface area contributed by atoms with Gasteiger partial charge in [-0.1, -0.05) is 0 Å². The van der Waals surface area contributed by atoms with E-state index in [-0.39, 0.29) is 5.69 Å². The maximum absolute atomic E-state index is 10.7. The summed E-state index contributed by atoms with van der Waals surface area (Å²) in [6.45, 7) is 1.70. The highest BCUT2D eigenvalue weighted by atomic mass is 35.5. The fourth-order valence-corrected chi connectivity index (χ4v) is 0.948. The smallest absolute Gasteiger partial charge is 0.252 e. The molecule has 12 heavy (non-hydrogen) atoms. The van der Waals surface area contributed by atoms with E-state index in [4.69, 9.17) is 16.9 Å². The van der Waals surface area contributed by atoms with Gasteiger partial charge >= 0.3 is 0 Å². The topological polar surface area (TPSA) is 53.8 Å². The number of carbonyl (C=O) groups excluding carboxylic acids is 1. The standard InChI is InChI=1S/C8H5ClN2O/c1-5-2-6(8(9)12)3-7(4-10)11-5/h2-3H,1H3. The molecule has 4 heteroatoms. The second-order valence-electron chi connectivity index (χ2n) is 2.27. The Balaban J connectivity index is 3.26. The second kappa shape index (κ2) is 3.33. The minimum Gasteiger partial charge on any atom is -0.276 e. The third kappa shape index (κ3) is 1.80. The summed E-state index contributed by atoms with van der Waals surface area (Å²) in [6, 6.07) is 4.74. The van der Waals surface area contributed by atoms with Crippen LogP contribution in [0.3, 0.4) is 0 Å². The first-order chi connectivity index (χ1) is 5.63. The molecule has 60 valence electrons. The van der Waals surface area contributed by atoms with Crippen LogP contribution >= 0.6 is 11.6 Å². The van der Waals surface area contributed by atoms with Crippen molar-refractivity contribution in [2.45, 2.75) is 6.92 Å². The van der Waals surface area contributed by atoms with Gasteiger partial charge in [0, 0.05) is 11.3 Å². The quantitative estimate of drug-likeness (QED) is 0.618. The lowest BCUT2D eigenvalue weighted by Crippen LogP contribution is -1.94. The van der Waals surface area contributed by atoms with E-state index in [0.29, 0.717) is 11.3 Å². The van der Waals surface area contributed by atoms with Gasteiger partial charge in [-0.3, -0.25) is 4.79 Å². The van der Waals surface area contributed by atoms with Crippen molar-refractivity contribution in [2.75, 3.05) is 0 Å². The summed E-state index contributed by atoms with van der Waals surface area (Å²) >= 11 is 5.23. The second-order valence-corrected chi connectivity index (χ2v) is 2.61. The van der Waals surface area contributed by atoms with Gasteiger partial charge in [-0.25, -0.2) is 4.98 Å². The summed E-state index contributed by atoms with van der Waals surface area (Å²) in [5.74, 6) is 0. The van der Waals surface area contributed by atoms with Crippen LogP contribution in [0, 0.1) is 18.3 Å². The molecule has 0 radical (unpaired) electrons. The Morgan fingerprint density at radius 3 is 2.83 bits per heavy atom. The van der Waals surface area contributed by atoms with E-state index in [0.717, 1.165) is 0 Å². The summed E-state index contributed by atoms with van der Waals surface area (Å²) in [5, 5.41) is 7.93. The number of nitrogens with zero attached hydrogens (tertiary/aromatic N) is 2. The maximum atomic E-state index is 10.7. The number of halogens is 1. The zero-order chi connectivity index (χ0) is 9.14. The minimum atomic E-state index is -0.572. The predicted molar refractivity (Wildman–Crippen MR) is 43.9 cm³/mol. The molecule has 0 bridgehead atoms. The largest absolute Gasteiger partial charge is 0.276 e. The molecule has 0 spiro atoms. The molecule has 0 aliphatic rings. The number of aryl methyl sites for hydroxylation is 1. The van der Waals surface area contributed by atoms with Crippen LogP contribution in [0.1, 0.15) is 21.7 Å². The molecule has 1 heterocycles. The lowest BCUT2D eigenvalue weighted by Gasteiger charge is -1.96. The highest BCUT2D eigenvalue weighted by Crippen LogP contribution is 2.07. The van der Waals surface area contributed by atoms with Crippen molar-refractivity contribution < 1.29 is 4.79 Å². The Kier molecular flexibility index (Phi) is 2.41. The van der Waals surface area contributed by atoms with E-state index < -0.39 is 5.24 Å². The molecule has 1 aromatic rings. The van der Waals surface area contributed by atoms with E-state index in [1.165, 1.54) is 12.1 Å². The van der Waals surface area contributed by atoms with Crippen molar-refractivity contribution in [3.05, 3.63) is 29.1 Å². The average Bonchev–Trinajstić information content (AvgIpc) is 2.03. The summed E-state index contributed by atoms with van der Waals surface area (Å²) in [5.41, 5.74) is 1.12. The van der Waals surface area contributed by atoms with Crippen LogP contribution in [0.2, 0.25) is 0 Å². The van der Waals surface area contributed by atoms with Crippen LogP contribution in [-0.2, 0) is 0 Å². The average molecular weight is 181 g/mol. The molecule has 0 aromatic carbocycles. The first-order valence-corrected chi connectivity index (χ1v) is 3.60. The maximum Gasteiger partial charge on any atom is 0.252 e. The van der Waals surface area contributed by atoms with Crippen LogP contribution in [-0.4, -0.2) is 10.2 Å². The van der Waals surface area contributed by atoms with Crippen LogP contribution in [0.25, 0.3) is 0 Å². The van der Waals surface area contributed by atoms with Crippen LogP contribution in [0.15, 0.2) is 12.1 Å². The van der Waals surface area contributed by atoms with E-state index in [1.54, 1.807) is 6.92 Å². The van der Waals surface area contributed by atoms with Gasteiger partial charge in [0.25, 0.3) is 5.24 Å². The lowest BCUT2D eigenvalue weighted by atomic mass is 10.2. The molecule has 0 N–H and O–H groups in total. The summed E-state index contributed by atoms with van der Waals surface area (Å²) in [7, 11) is 0. The van der Waals surface area contributed by atoms with Gasteiger partial charge in [0.1, 0.15) is 11.8 Å². The van der Waals surface area contributed by atoms with Gasteiger partial charge in [0.15, 0.2) is 0 Å². The third-order valence-corrected chi connectivity index (χ3v) is 1.51. The molecule has 1 aromatic heterocycles. The number of aromatic nitrogens is 1. The van der Waals surface area contributed by atoms with Crippen LogP contribution in [0.5, 0.6) is 0 Å². The Morgan fingerprint density at radius 1 is 1.67 bits per heavy atom. The van der Waals surface area contributed by atoms with Gasteiger partial charge in [0.05, 0.1) is 0 Å². The molecule has 0 saturated heterocycles. The number of carbonyl (C=O) groups is 1. The molecule has 0 atom stereocenters. The Labute approximate surface area is 74.6 Å². The van der Waals surface area contributed by atoms with Crippen molar-refractivity contribution in [3.8, 4) is 6.07 Å². The van der Waals surface area contributed by atoms with Crippen molar-refractivity contribution in [1.29, 1.82) is 5.26 Å².